The molecule has 3 heterocycles. The van der Waals surface area contributed by atoms with E-state index in [-0.39, 0.29) is 0 Å². The summed E-state index contributed by atoms with van der Waals surface area (Å²) in [5.74, 6) is 1.80. The van der Waals surface area contributed by atoms with Crippen LogP contribution in [0.2, 0.25) is 0 Å². The van der Waals surface area contributed by atoms with Crippen LogP contribution in [-0.4, -0.2) is 15.0 Å². The van der Waals surface area contributed by atoms with Gasteiger partial charge in [-0.1, -0.05) is 176 Å². The van der Waals surface area contributed by atoms with Gasteiger partial charge in [0.25, 0.3) is 0 Å². The molecule has 0 N–H and O–H groups in total. The van der Waals surface area contributed by atoms with E-state index in [4.69, 9.17) is 19.4 Å². The number of aromatic nitrogens is 3. The van der Waals surface area contributed by atoms with Crippen molar-refractivity contribution in [3.63, 3.8) is 0 Å². The molecule has 0 atom stereocenters. The molecule has 0 aliphatic carbocycles. The first-order valence-electron chi connectivity index (χ1n) is 20.7. The average molecular weight is 810 g/mol. The molecular formula is C57H35N3OS. The van der Waals surface area contributed by atoms with E-state index >= 15 is 0 Å². The van der Waals surface area contributed by atoms with E-state index in [9.17, 15) is 0 Å². The number of furan rings is 1. The van der Waals surface area contributed by atoms with Crippen molar-refractivity contribution < 1.29 is 4.42 Å². The number of hydrogen-bond acceptors (Lipinski definition) is 5. The zero-order valence-corrected chi connectivity index (χ0v) is 34.2. The summed E-state index contributed by atoms with van der Waals surface area (Å²) in [5.41, 5.74) is 13.6. The van der Waals surface area contributed by atoms with Gasteiger partial charge in [0.2, 0.25) is 0 Å². The predicted octanol–water partition coefficient (Wildman–Crippen LogP) is 15.8. The molecular weight excluding hydrogens is 775 g/mol. The molecule has 0 aliphatic rings. The Kier molecular flexibility index (Phi) is 8.65. The largest absolute Gasteiger partial charge is 0.456 e. The van der Waals surface area contributed by atoms with E-state index in [1.807, 2.05) is 59.9 Å². The normalized spacial score (nSPS) is 11.5. The van der Waals surface area contributed by atoms with Crippen LogP contribution >= 0.6 is 11.3 Å². The molecule has 62 heavy (non-hydrogen) atoms. The van der Waals surface area contributed by atoms with E-state index in [2.05, 4.69) is 164 Å². The van der Waals surface area contributed by atoms with Gasteiger partial charge in [0.05, 0.1) is 0 Å². The highest BCUT2D eigenvalue weighted by molar-refractivity contribution is 7.26. The van der Waals surface area contributed by atoms with Crippen molar-refractivity contribution >= 4 is 53.4 Å². The Morgan fingerprint density at radius 1 is 0.306 bits per heavy atom. The molecule has 0 bridgehead atoms. The van der Waals surface area contributed by atoms with Gasteiger partial charge >= 0.3 is 0 Å². The third kappa shape index (κ3) is 6.35. The molecule has 12 aromatic rings. The second-order valence-electron chi connectivity index (χ2n) is 15.5. The quantitative estimate of drug-likeness (QED) is 0.161. The standard InChI is InChI=1S/C57H35N3OS/c1-3-13-36(14-4-1)37-27-29-38(30-28-37)42-31-32-50-49(35-42)53-48(24-12-25-51(53)61-50)57-59-55(39-15-5-2-6-16-39)58-56(60-57)44-20-10-18-41(34-44)40-17-9-19-43(33-40)45-22-11-23-47-46-21-7-8-26-52(46)62-54(45)47/h1-35H. The summed E-state index contributed by atoms with van der Waals surface area (Å²) >= 11 is 1.86. The number of hydrogen-bond donors (Lipinski definition) is 0. The lowest BCUT2D eigenvalue weighted by atomic mass is 9.97. The molecule has 4 nitrogen and oxygen atoms in total. The van der Waals surface area contributed by atoms with E-state index in [0.717, 1.165) is 60.9 Å². The van der Waals surface area contributed by atoms with E-state index in [1.54, 1.807) is 0 Å². The highest BCUT2D eigenvalue weighted by Crippen LogP contribution is 2.42. The van der Waals surface area contributed by atoms with Crippen LogP contribution in [0, 0.1) is 0 Å². The molecule has 0 unspecified atom stereocenters. The molecule has 290 valence electrons. The molecule has 0 aliphatic heterocycles. The summed E-state index contributed by atoms with van der Waals surface area (Å²) in [4.78, 5) is 15.5. The predicted molar refractivity (Wildman–Crippen MR) is 258 cm³/mol. The fraction of sp³-hybridized carbons (Fsp3) is 0. The van der Waals surface area contributed by atoms with Crippen LogP contribution in [0.3, 0.4) is 0 Å². The molecule has 9 aromatic carbocycles. The van der Waals surface area contributed by atoms with Crippen LogP contribution in [0.5, 0.6) is 0 Å². The van der Waals surface area contributed by atoms with Crippen LogP contribution in [-0.2, 0) is 0 Å². The van der Waals surface area contributed by atoms with Gasteiger partial charge in [0.1, 0.15) is 11.2 Å². The van der Waals surface area contributed by atoms with Gasteiger partial charge in [-0.15, -0.1) is 11.3 Å². The van der Waals surface area contributed by atoms with Crippen molar-refractivity contribution in [1.29, 1.82) is 0 Å². The topological polar surface area (TPSA) is 51.8 Å². The summed E-state index contributed by atoms with van der Waals surface area (Å²) in [7, 11) is 0. The number of rotatable bonds is 7. The minimum absolute atomic E-state index is 0.587. The second kappa shape index (κ2) is 14.9. The molecule has 0 fully saturated rings. The van der Waals surface area contributed by atoms with Crippen molar-refractivity contribution in [3.8, 4) is 78.7 Å². The van der Waals surface area contributed by atoms with Gasteiger partial charge in [-0.25, -0.2) is 15.0 Å². The number of benzene rings is 9. The van der Waals surface area contributed by atoms with Crippen molar-refractivity contribution in [1.82, 2.24) is 15.0 Å². The maximum Gasteiger partial charge on any atom is 0.164 e. The maximum absolute atomic E-state index is 6.49. The molecule has 0 radical (unpaired) electrons. The monoisotopic (exact) mass is 809 g/mol. The van der Waals surface area contributed by atoms with Crippen LogP contribution in [0.4, 0.5) is 0 Å². The first-order valence-corrected chi connectivity index (χ1v) is 21.6. The Bertz CT molecular complexity index is 3630. The summed E-state index contributed by atoms with van der Waals surface area (Å²) in [6.07, 6.45) is 0. The van der Waals surface area contributed by atoms with Crippen LogP contribution < -0.4 is 0 Å². The molecule has 0 spiro atoms. The van der Waals surface area contributed by atoms with E-state index in [0.29, 0.717) is 17.5 Å². The third-order valence-corrected chi connectivity index (χ3v) is 13.0. The number of fused-ring (bicyclic) bond motifs is 6. The summed E-state index contributed by atoms with van der Waals surface area (Å²) < 4.78 is 9.10. The molecule has 0 saturated carbocycles. The van der Waals surface area contributed by atoms with Crippen LogP contribution in [0.25, 0.3) is 121 Å². The summed E-state index contributed by atoms with van der Waals surface area (Å²) in [6, 6.07) is 74.6. The molecule has 0 amide bonds. The maximum atomic E-state index is 6.49. The first kappa shape index (κ1) is 35.9. The lowest BCUT2D eigenvalue weighted by Gasteiger charge is -2.11. The van der Waals surface area contributed by atoms with Gasteiger partial charge in [-0.05, 0) is 80.9 Å². The highest BCUT2D eigenvalue weighted by Gasteiger charge is 2.19. The van der Waals surface area contributed by atoms with Crippen molar-refractivity contribution in [2.45, 2.75) is 0 Å². The van der Waals surface area contributed by atoms with Gasteiger partial charge in [0, 0.05) is 47.6 Å². The zero-order chi connectivity index (χ0) is 41.0. The summed E-state index contributed by atoms with van der Waals surface area (Å²) in [6.45, 7) is 0. The van der Waals surface area contributed by atoms with E-state index < -0.39 is 0 Å². The molecule has 3 aromatic heterocycles. The van der Waals surface area contributed by atoms with Crippen molar-refractivity contribution in [2.75, 3.05) is 0 Å². The Morgan fingerprint density at radius 2 is 0.823 bits per heavy atom. The average Bonchev–Trinajstić information content (AvgIpc) is 3.93. The van der Waals surface area contributed by atoms with Crippen LogP contribution in [0.1, 0.15) is 0 Å². The van der Waals surface area contributed by atoms with Crippen molar-refractivity contribution in [3.05, 3.63) is 212 Å². The summed E-state index contributed by atoms with van der Waals surface area (Å²) in [5, 5.41) is 4.58. The lowest BCUT2D eigenvalue weighted by molar-refractivity contribution is 0.669. The minimum Gasteiger partial charge on any atom is -0.456 e. The minimum atomic E-state index is 0.587. The molecule has 0 saturated heterocycles. The Balaban J connectivity index is 0.961. The second-order valence-corrected chi connectivity index (χ2v) is 16.6. The highest BCUT2D eigenvalue weighted by atomic mass is 32.1. The van der Waals surface area contributed by atoms with E-state index in [1.165, 1.54) is 42.4 Å². The zero-order valence-electron chi connectivity index (χ0n) is 33.4. The van der Waals surface area contributed by atoms with Crippen LogP contribution in [0.15, 0.2) is 217 Å². The number of nitrogens with zero attached hydrogens (tertiary/aromatic N) is 3. The van der Waals surface area contributed by atoms with Gasteiger partial charge < -0.3 is 4.42 Å². The first-order chi connectivity index (χ1) is 30.7. The third-order valence-electron chi connectivity index (χ3n) is 11.8. The Hall–Kier alpha value is -7.99. The lowest BCUT2D eigenvalue weighted by Crippen LogP contribution is -2.00. The van der Waals surface area contributed by atoms with Gasteiger partial charge in [-0.3, -0.25) is 0 Å². The smallest absolute Gasteiger partial charge is 0.164 e. The fourth-order valence-corrected chi connectivity index (χ4v) is 9.94. The molecule has 12 rings (SSSR count). The number of thiophene rings is 1. The Labute approximate surface area is 362 Å². The SMILES string of the molecule is c1ccc(-c2ccc(-c3ccc4oc5cccc(-c6nc(-c7ccccc7)nc(-c7cccc(-c8cccc(-c9cccc%10c9sc9ccccc9%10)c8)c7)n6)c5c4c3)cc2)cc1. The molecule has 5 heteroatoms. The van der Waals surface area contributed by atoms with Crippen molar-refractivity contribution in [2.24, 2.45) is 0 Å². The fourth-order valence-electron chi connectivity index (χ4n) is 8.70. The van der Waals surface area contributed by atoms with Gasteiger partial charge in [0.15, 0.2) is 17.5 Å². The Morgan fingerprint density at radius 3 is 1.61 bits per heavy atom. The van der Waals surface area contributed by atoms with Gasteiger partial charge in [-0.2, -0.15) is 0 Å².